The maximum atomic E-state index is 6.16. The predicted octanol–water partition coefficient (Wildman–Crippen LogP) is 3.43. The first-order valence-corrected chi connectivity index (χ1v) is 7.96. The lowest BCUT2D eigenvalue weighted by atomic mass is 10.0. The average molecular weight is 313 g/mol. The van der Waals surface area contributed by atoms with E-state index >= 15 is 0 Å². The van der Waals surface area contributed by atoms with Gasteiger partial charge in [-0.25, -0.2) is 0 Å². The van der Waals surface area contributed by atoms with Gasteiger partial charge < -0.3 is 20.1 Å². The summed E-state index contributed by atoms with van der Waals surface area (Å²) in [4.78, 5) is 2.51. The second-order valence-corrected chi connectivity index (χ2v) is 6.19. The number of ether oxygens (including phenoxy) is 2. The summed E-state index contributed by atoms with van der Waals surface area (Å²) in [6, 6.07) is 3.42. The van der Waals surface area contributed by atoms with Gasteiger partial charge in [-0.3, -0.25) is 0 Å². The van der Waals surface area contributed by atoms with E-state index in [-0.39, 0.29) is 0 Å². The molecule has 1 aromatic carbocycles. The quantitative estimate of drug-likeness (QED) is 0.646. The van der Waals surface area contributed by atoms with Gasteiger partial charge in [-0.05, 0) is 37.8 Å². The first-order chi connectivity index (χ1) is 10.1. The molecule has 0 bridgehead atoms. The van der Waals surface area contributed by atoms with Gasteiger partial charge in [0.15, 0.2) is 11.5 Å². The zero-order valence-corrected chi connectivity index (χ0v) is 13.7. The van der Waals surface area contributed by atoms with Crippen LogP contribution < -0.4 is 15.2 Å². The van der Waals surface area contributed by atoms with E-state index in [1.165, 1.54) is 25.9 Å². The highest BCUT2D eigenvalue weighted by molar-refractivity contribution is 6.32. The van der Waals surface area contributed by atoms with Crippen molar-refractivity contribution in [3.63, 3.8) is 0 Å². The molecule has 1 aliphatic rings. The first kappa shape index (κ1) is 16.2. The van der Waals surface area contributed by atoms with Crippen molar-refractivity contribution in [2.24, 2.45) is 5.92 Å². The van der Waals surface area contributed by atoms with E-state index in [4.69, 9.17) is 26.8 Å². The highest BCUT2D eigenvalue weighted by atomic mass is 35.5. The van der Waals surface area contributed by atoms with Crippen LogP contribution in [0.25, 0.3) is 0 Å². The molecule has 2 rings (SSSR count). The fourth-order valence-corrected chi connectivity index (χ4v) is 3.11. The van der Waals surface area contributed by atoms with Crippen LogP contribution in [0.15, 0.2) is 12.1 Å². The number of nitrogens with two attached hydrogens (primary N) is 1. The number of methoxy groups -OCH3 is 1. The Labute approximate surface area is 132 Å². The molecule has 1 aliphatic heterocycles. The van der Waals surface area contributed by atoms with Crippen LogP contribution in [-0.2, 0) is 0 Å². The van der Waals surface area contributed by atoms with Crippen molar-refractivity contribution < 1.29 is 9.47 Å². The molecule has 1 atom stereocenters. The van der Waals surface area contributed by atoms with E-state index < -0.39 is 0 Å². The highest BCUT2D eigenvalue weighted by Crippen LogP contribution is 2.37. The molecule has 118 valence electrons. The molecule has 5 heteroatoms. The molecular weight excluding hydrogens is 288 g/mol. The van der Waals surface area contributed by atoms with Crippen molar-refractivity contribution in [1.29, 1.82) is 0 Å². The van der Waals surface area contributed by atoms with Gasteiger partial charge in [0, 0.05) is 24.8 Å². The molecule has 0 amide bonds. The lowest BCUT2D eigenvalue weighted by molar-refractivity contribution is 0.169. The molecular formula is C16H25ClN2O2. The number of anilines is 1. The van der Waals surface area contributed by atoms with Crippen LogP contribution in [0.3, 0.4) is 0 Å². The first-order valence-electron chi connectivity index (χ1n) is 7.58. The number of piperidine rings is 1. The molecule has 0 unspecified atom stereocenters. The number of nitrogen functional groups attached to an aromatic ring is 1. The minimum absolute atomic E-state index is 0.499. The summed E-state index contributed by atoms with van der Waals surface area (Å²) in [6.45, 7) is 6.42. The Bertz CT molecular complexity index is 468. The molecule has 0 saturated carbocycles. The Morgan fingerprint density at radius 1 is 1.43 bits per heavy atom. The zero-order chi connectivity index (χ0) is 15.2. The summed E-state index contributed by atoms with van der Waals surface area (Å²) in [5.41, 5.74) is 6.32. The summed E-state index contributed by atoms with van der Waals surface area (Å²) in [5, 5.41) is 0.499. The summed E-state index contributed by atoms with van der Waals surface area (Å²) < 4.78 is 11.1. The number of halogens is 1. The molecule has 1 fully saturated rings. The Kier molecular flexibility index (Phi) is 6.00. The lowest BCUT2D eigenvalue weighted by Gasteiger charge is -2.30. The number of nitrogens with zero attached hydrogens (tertiary/aromatic N) is 1. The van der Waals surface area contributed by atoms with E-state index in [0.717, 1.165) is 18.9 Å². The van der Waals surface area contributed by atoms with Crippen LogP contribution >= 0.6 is 11.6 Å². The van der Waals surface area contributed by atoms with E-state index in [1.807, 2.05) is 0 Å². The van der Waals surface area contributed by atoms with Gasteiger partial charge in [-0.15, -0.1) is 0 Å². The third kappa shape index (κ3) is 4.68. The molecule has 2 N–H and O–H groups in total. The molecule has 0 radical (unpaired) electrons. The molecule has 0 aromatic heterocycles. The second-order valence-electron chi connectivity index (χ2n) is 5.78. The summed E-state index contributed by atoms with van der Waals surface area (Å²) in [6.07, 6.45) is 3.64. The second kappa shape index (κ2) is 7.76. The van der Waals surface area contributed by atoms with Crippen LogP contribution in [0.2, 0.25) is 5.02 Å². The summed E-state index contributed by atoms with van der Waals surface area (Å²) in [5.74, 6) is 1.98. The molecule has 1 aromatic rings. The number of likely N-dealkylation sites (tertiary alicyclic amines) is 1. The monoisotopic (exact) mass is 312 g/mol. The minimum Gasteiger partial charge on any atom is -0.493 e. The largest absolute Gasteiger partial charge is 0.493 e. The number of hydrogen-bond acceptors (Lipinski definition) is 4. The summed E-state index contributed by atoms with van der Waals surface area (Å²) in [7, 11) is 1.59. The molecule has 4 nitrogen and oxygen atoms in total. The Balaban J connectivity index is 1.81. The van der Waals surface area contributed by atoms with Crippen LogP contribution in [-0.4, -0.2) is 38.3 Å². The Morgan fingerprint density at radius 2 is 2.24 bits per heavy atom. The maximum Gasteiger partial charge on any atom is 0.179 e. The summed E-state index contributed by atoms with van der Waals surface area (Å²) >= 11 is 6.16. The van der Waals surface area contributed by atoms with Crippen molar-refractivity contribution in [3.8, 4) is 11.5 Å². The van der Waals surface area contributed by atoms with Crippen molar-refractivity contribution in [2.75, 3.05) is 39.1 Å². The van der Waals surface area contributed by atoms with Crippen LogP contribution in [0.5, 0.6) is 11.5 Å². The highest BCUT2D eigenvalue weighted by Gasteiger charge is 2.16. The van der Waals surface area contributed by atoms with Gasteiger partial charge in [-0.1, -0.05) is 18.5 Å². The standard InChI is InChI=1S/C16H25ClN2O2/c1-12-5-3-6-19(11-12)7-4-8-21-16-14(17)9-13(18)10-15(16)20-2/h9-10,12H,3-8,11,18H2,1-2H3/t12-/m1/s1. The van der Waals surface area contributed by atoms with Gasteiger partial charge >= 0.3 is 0 Å². The Hall–Kier alpha value is -1.13. The van der Waals surface area contributed by atoms with Crippen LogP contribution in [0.4, 0.5) is 5.69 Å². The van der Waals surface area contributed by atoms with Gasteiger partial charge in [0.05, 0.1) is 18.7 Å². The molecule has 21 heavy (non-hydrogen) atoms. The SMILES string of the molecule is COc1cc(N)cc(Cl)c1OCCCN1CCC[C@@H](C)C1. The van der Waals surface area contributed by atoms with Crippen molar-refractivity contribution >= 4 is 17.3 Å². The van der Waals surface area contributed by atoms with Crippen molar-refractivity contribution in [2.45, 2.75) is 26.2 Å². The maximum absolute atomic E-state index is 6.16. The predicted molar refractivity (Wildman–Crippen MR) is 87.4 cm³/mol. The fourth-order valence-electron chi connectivity index (χ4n) is 2.83. The third-order valence-electron chi connectivity index (χ3n) is 3.86. The van der Waals surface area contributed by atoms with E-state index in [1.54, 1.807) is 19.2 Å². The van der Waals surface area contributed by atoms with E-state index in [9.17, 15) is 0 Å². The molecule has 1 saturated heterocycles. The van der Waals surface area contributed by atoms with Crippen LogP contribution in [0, 0.1) is 5.92 Å². The van der Waals surface area contributed by atoms with Gasteiger partial charge in [0.25, 0.3) is 0 Å². The van der Waals surface area contributed by atoms with Gasteiger partial charge in [-0.2, -0.15) is 0 Å². The van der Waals surface area contributed by atoms with E-state index in [0.29, 0.717) is 28.8 Å². The van der Waals surface area contributed by atoms with Gasteiger partial charge in [0.1, 0.15) is 0 Å². The number of hydrogen-bond donors (Lipinski definition) is 1. The molecule has 1 heterocycles. The minimum atomic E-state index is 0.499. The number of benzene rings is 1. The fraction of sp³-hybridized carbons (Fsp3) is 0.625. The average Bonchev–Trinajstić information content (AvgIpc) is 2.44. The van der Waals surface area contributed by atoms with E-state index in [2.05, 4.69) is 11.8 Å². The molecule has 0 spiro atoms. The number of rotatable bonds is 6. The normalized spacial score (nSPS) is 19.5. The van der Waals surface area contributed by atoms with Crippen molar-refractivity contribution in [3.05, 3.63) is 17.2 Å². The molecule has 0 aliphatic carbocycles. The smallest absolute Gasteiger partial charge is 0.179 e. The van der Waals surface area contributed by atoms with Crippen LogP contribution in [0.1, 0.15) is 26.2 Å². The van der Waals surface area contributed by atoms with Crippen molar-refractivity contribution in [1.82, 2.24) is 4.90 Å². The lowest BCUT2D eigenvalue weighted by Crippen LogP contribution is -2.35. The third-order valence-corrected chi connectivity index (χ3v) is 4.14. The topological polar surface area (TPSA) is 47.7 Å². The Morgan fingerprint density at radius 3 is 2.95 bits per heavy atom. The van der Waals surface area contributed by atoms with Gasteiger partial charge in [0.2, 0.25) is 0 Å². The zero-order valence-electron chi connectivity index (χ0n) is 12.9.